The molecule has 0 bridgehead atoms. The summed E-state index contributed by atoms with van der Waals surface area (Å²) in [6.45, 7) is 5.37. The largest absolute Gasteiger partial charge is 0.497 e. The first-order chi connectivity index (χ1) is 14.1. The number of methoxy groups -OCH3 is 2. The summed E-state index contributed by atoms with van der Waals surface area (Å²) in [5.74, 6) is 3.83. The lowest BCUT2D eigenvalue weighted by Crippen LogP contribution is -2.34. The number of nitrogens with one attached hydrogen (secondary N) is 2. The quantitative estimate of drug-likeness (QED) is 0.669. The highest BCUT2D eigenvalue weighted by molar-refractivity contribution is 5.45. The molecule has 2 heterocycles. The summed E-state index contributed by atoms with van der Waals surface area (Å²) in [6, 6.07) is 7.96. The lowest BCUT2D eigenvalue weighted by Gasteiger charge is -2.28. The van der Waals surface area contributed by atoms with Crippen molar-refractivity contribution in [3.05, 3.63) is 36.0 Å². The third-order valence-corrected chi connectivity index (χ3v) is 5.51. The molecule has 1 fully saturated rings. The number of piperidine rings is 1. The molecule has 0 radical (unpaired) electrons. The van der Waals surface area contributed by atoms with Gasteiger partial charge in [0, 0.05) is 25.9 Å². The van der Waals surface area contributed by atoms with Crippen LogP contribution in [-0.2, 0) is 0 Å². The summed E-state index contributed by atoms with van der Waals surface area (Å²) < 4.78 is 10.8. The van der Waals surface area contributed by atoms with Gasteiger partial charge in [0.15, 0.2) is 0 Å². The molecule has 0 saturated carbocycles. The molecular formula is C22H33N5O2. The van der Waals surface area contributed by atoms with Crippen molar-refractivity contribution in [1.82, 2.24) is 15.3 Å². The van der Waals surface area contributed by atoms with Crippen LogP contribution in [0, 0.1) is 5.92 Å². The molecular weight excluding hydrogens is 366 g/mol. The third-order valence-electron chi connectivity index (χ3n) is 5.51. The lowest BCUT2D eigenvalue weighted by atomic mass is 9.98. The molecule has 3 rings (SSSR count). The van der Waals surface area contributed by atoms with E-state index >= 15 is 0 Å². The molecule has 1 aliphatic rings. The maximum absolute atomic E-state index is 5.41. The van der Waals surface area contributed by atoms with Crippen LogP contribution in [0.2, 0.25) is 0 Å². The zero-order valence-corrected chi connectivity index (χ0v) is 17.9. The van der Waals surface area contributed by atoms with E-state index in [-0.39, 0.29) is 6.04 Å². The van der Waals surface area contributed by atoms with Crippen LogP contribution in [0.15, 0.2) is 30.5 Å². The Hall–Kier alpha value is -2.54. The van der Waals surface area contributed by atoms with E-state index in [1.165, 1.54) is 12.8 Å². The summed E-state index contributed by atoms with van der Waals surface area (Å²) in [6.07, 6.45) is 5.14. The Balaban J connectivity index is 1.72. The number of benzene rings is 1. The van der Waals surface area contributed by atoms with Gasteiger partial charge < -0.3 is 25.0 Å². The van der Waals surface area contributed by atoms with Crippen molar-refractivity contribution in [3.63, 3.8) is 0 Å². The third kappa shape index (κ3) is 5.73. The SMILES string of the molecule is CCC(Nc1nccc(N(C)CC2CCNCC2)n1)c1cc(OC)cc(OC)c1. The predicted molar refractivity (Wildman–Crippen MR) is 117 cm³/mol. The normalized spacial score (nSPS) is 15.6. The van der Waals surface area contributed by atoms with Gasteiger partial charge in [0.05, 0.1) is 20.3 Å². The molecule has 2 N–H and O–H groups in total. The Bertz CT molecular complexity index is 757. The Labute approximate surface area is 173 Å². The van der Waals surface area contributed by atoms with Gasteiger partial charge in [-0.05, 0) is 62.0 Å². The van der Waals surface area contributed by atoms with Crippen LogP contribution in [0.1, 0.15) is 37.8 Å². The molecule has 0 aliphatic carbocycles. The van der Waals surface area contributed by atoms with E-state index < -0.39 is 0 Å². The van der Waals surface area contributed by atoms with Gasteiger partial charge >= 0.3 is 0 Å². The number of rotatable bonds is 9. The van der Waals surface area contributed by atoms with Crippen LogP contribution in [0.3, 0.4) is 0 Å². The first-order valence-electron chi connectivity index (χ1n) is 10.4. The average molecular weight is 400 g/mol. The highest BCUT2D eigenvalue weighted by Gasteiger charge is 2.17. The van der Waals surface area contributed by atoms with E-state index in [0.29, 0.717) is 11.9 Å². The Morgan fingerprint density at radius 3 is 2.48 bits per heavy atom. The van der Waals surface area contributed by atoms with Crippen LogP contribution in [-0.4, -0.2) is 50.9 Å². The lowest BCUT2D eigenvalue weighted by molar-refractivity contribution is 0.377. The predicted octanol–water partition coefficient (Wildman–Crippen LogP) is 3.49. The highest BCUT2D eigenvalue weighted by Crippen LogP contribution is 2.29. The minimum atomic E-state index is 0.0592. The van der Waals surface area contributed by atoms with Gasteiger partial charge in [0.1, 0.15) is 17.3 Å². The second kappa shape index (κ2) is 10.3. The molecule has 1 aromatic heterocycles. The Morgan fingerprint density at radius 2 is 1.86 bits per heavy atom. The van der Waals surface area contributed by atoms with E-state index in [4.69, 9.17) is 14.5 Å². The minimum absolute atomic E-state index is 0.0592. The fourth-order valence-electron chi connectivity index (χ4n) is 3.78. The highest BCUT2D eigenvalue weighted by atomic mass is 16.5. The van der Waals surface area contributed by atoms with Crippen LogP contribution in [0.4, 0.5) is 11.8 Å². The second-order valence-corrected chi connectivity index (χ2v) is 7.56. The van der Waals surface area contributed by atoms with E-state index in [0.717, 1.165) is 48.9 Å². The topological polar surface area (TPSA) is 71.5 Å². The number of hydrogen-bond donors (Lipinski definition) is 2. The number of ether oxygens (including phenoxy) is 2. The van der Waals surface area contributed by atoms with Crippen molar-refractivity contribution in [2.75, 3.05) is 51.1 Å². The fraction of sp³-hybridized carbons (Fsp3) is 0.545. The van der Waals surface area contributed by atoms with E-state index in [1.807, 2.05) is 30.5 Å². The van der Waals surface area contributed by atoms with E-state index in [9.17, 15) is 0 Å². The van der Waals surface area contributed by atoms with Crippen molar-refractivity contribution in [2.24, 2.45) is 5.92 Å². The van der Waals surface area contributed by atoms with Gasteiger partial charge in [-0.25, -0.2) is 4.98 Å². The van der Waals surface area contributed by atoms with Gasteiger partial charge in [-0.1, -0.05) is 6.92 Å². The van der Waals surface area contributed by atoms with Gasteiger partial charge in [-0.3, -0.25) is 0 Å². The molecule has 0 amide bonds. The van der Waals surface area contributed by atoms with Gasteiger partial charge in [-0.15, -0.1) is 0 Å². The standard InChI is InChI=1S/C22H33N5O2/c1-5-20(17-12-18(28-3)14-19(13-17)29-4)25-22-24-11-8-21(26-22)27(2)15-16-6-9-23-10-7-16/h8,11-14,16,20,23H,5-7,9-10,15H2,1-4H3,(H,24,25,26). The molecule has 158 valence electrons. The van der Waals surface area contributed by atoms with Gasteiger partial charge in [0.25, 0.3) is 0 Å². The maximum atomic E-state index is 5.41. The van der Waals surface area contributed by atoms with Crippen LogP contribution >= 0.6 is 0 Å². The number of hydrogen-bond acceptors (Lipinski definition) is 7. The Kier molecular flexibility index (Phi) is 7.52. The molecule has 1 atom stereocenters. The Morgan fingerprint density at radius 1 is 1.17 bits per heavy atom. The van der Waals surface area contributed by atoms with E-state index in [2.05, 4.69) is 34.5 Å². The monoisotopic (exact) mass is 399 g/mol. The molecule has 1 aromatic carbocycles. The van der Waals surface area contributed by atoms with Crippen molar-refractivity contribution < 1.29 is 9.47 Å². The van der Waals surface area contributed by atoms with Crippen LogP contribution in [0.5, 0.6) is 11.5 Å². The summed E-state index contributed by atoms with van der Waals surface area (Å²) in [5.41, 5.74) is 1.08. The molecule has 0 spiro atoms. The van der Waals surface area contributed by atoms with Crippen molar-refractivity contribution in [1.29, 1.82) is 0 Å². The van der Waals surface area contributed by atoms with Crippen molar-refractivity contribution >= 4 is 11.8 Å². The number of nitrogens with zero attached hydrogens (tertiary/aromatic N) is 3. The smallest absolute Gasteiger partial charge is 0.225 e. The van der Waals surface area contributed by atoms with Crippen LogP contribution < -0.4 is 25.0 Å². The fourth-order valence-corrected chi connectivity index (χ4v) is 3.78. The number of anilines is 2. The molecule has 1 unspecified atom stereocenters. The molecule has 1 saturated heterocycles. The summed E-state index contributed by atoms with van der Waals surface area (Å²) in [4.78, 5) is 11.4. The zero-order chi connectivity index (χ0) is 20.6. The van der Waals surface area contributed by atoms with E-state index in [1.54, 1.807) is 14.2 Å². The molecule has 1 aliphatic heterocycles. The second-order valence-electron chi connectivity index (χ2n) is 7.56. The van der Waals surface area contributed by atoms with Crippen LogP contribution in [0.25, 0.3) is 0 Å². The maximum Gasteiger partial charge on any atom is 0.225 e. The van der Waals surface area contributed by atoms with Gasteiger partial charge in [0.2, 0.25) is 5.95 Å². The first-order valence-corrected chi connectivity index (χ1v) is 10.4. The molecule has 7 nitrogen and oxygen atoms in total. The zero-order valence-electron chi connectivity index (χ0n) is 17.9. The van der Waals surface area contributed by atoms with Crippen molar-refractivity contribution in [3.8, 4) is 11.5 Å². The molecule has 7 heteroatoms. The van der Waals surface area contributed by atoms with Gasteiger partial charge in [-0.2, -0.15) is 4.98 Å². The summed E-state index contributed by atoms with van der Waals surface area (Å²) >= 11 is 0. The average Bonchev–Trinajstić information content (AvgIpc) is 2.77. The van der Waals surface area contributed by atoms with Crippen molar-refractivity contribution in [2.45, 2.75) is 32.2 Å². The number of aromatic nitrogens is 2. The first kappa shape index (κ1) is 21.2. The summed E-state index contributed by atoms with van der Waals surface area (Å²) in [7, 11) is 5.44. The summed E-state index contributed by atoms with van der Waals surface area (Å²) in [5, 5.41) is 6.90. The minimum Gasteiger partial charge on any atom is -0.497 e. The molecule has 29 heavy (non-hydrogen) atoms. The molecule has 2 aromatic rings.